The second kappa shape index (κ2) is 6.75. The highest BCUT2D eigenvalue weighted by atomic mass is 16.4. The number of carbonyl (C=O) groups excluding carboxylic acids is 2. The molecule has 0 aliphatic heterocycles. The van der Waals surface area contributed by atoms with Gasteiger partial charge >= 0.3 is 5.63 Å². The Kier molecular flexibility index (Phi) is 4.95. The lowest BCUT2D eigenvalue weighted by atomic mass is 10.0. The molecule has 0 unspecified atom stereocenters. The Bertz CT molecular complexity index is 808. The van der Waals surface area contributed by atoms with E-state index in [0.717, 1.165) is 10.9 Å². The molecule has 6 nitrogen and oxygen atoms in total. The first-order valence-electron chi connectivity index (χ1n) is 7.43. The van der Waals surface area contributed by atoms with E-state index >= 15 is 0 Å². The standard InChI is InChI=1S/C17H20N2O4/c1-9(2)6-13(18)17(22)19-16(21)11-4-5-12-10(3)7-15(20)23-14(12)8-11/h4-5,7-9,13H,6,18H2,1-3H3,(H,19,21,22)/t13-/m0/s1. The minimum atomic E-state index is -0.736. The fraction of sp³-hybridized carbons (Fsp3) is 0.353. The third-order valence-corrected chi connectivity index (χ3v) is 3.51. The number of benzene rings is 1. The molecule has 1 aromatic carbocycles. The van der Waals surface area contributed by atoms with Gasteiger partial charge < -0.3 is 10.2 Å². The lowest BCUT2D eigenvalue weighted by molar-refractivity contribution is -0.121. The van der Waals surface area contributed by atoms with Crippen LogP contribution in [0.3, 0.4) is 0 Å². The van der Waals surface area contributed by atoms with Crippen LogP contribution in [0.5, 0.6) is 0 Å². The summed E-state index contributed by atoms with van der Waals surface area (Å²) in [6.07, 6.45) is 0.491. The zero-order valence-electron chi connectivity index (χ0n) is 13.4. The Balaban J connectivity index is 2.21. The number of rotatable bonds is 4. The van der Waals surface area contributed by atoms with Crippen molar-refractivity contribution in [2.24, 2.45) is 11.7 Å². The first-order chi connectivity index (χ1) is 10.8. The highest BCUT2D eigenvalue weighted by Gasteiger charge is 2.18. The number of fused-ring (bicyclic) bond motifs is 1. The topological polar surface area (TPSA) is 102 Å². The van der Waals surface area contributed by atoms with Crippen molar-refractivity contribution in [3.8, 4) is 0 Å². The summed E-state index contributed by atoms with van der Waals surface area (Å²) in [6.45, 7) is 5.68. The van der Waals surface area contributed by atoms with Gasteiger partial charge in [0, 0.05) is 17.0 Å². The van der Waals surface area contributed by atoms with Gasteiger partial charge in [0.05, 0.1) is 6.04 Å². The average Bonchev–Trinajstić information content (AvgIpc) is 2.45. The SMILES string of the molecule is Cc1cc(=O)oc2cc(C(=O)NC(=O)[C@@H](N)CC(C)C)ccc12. The van der Waals surface area contributed by atoms with Gasteiger partial charge in [-0.1, -0.05) is 19.9 Å². The normalized spacial score (nSPS) is 12.4. The molecule has 2 rings (SSSR count). The Labute approximate surface area is 133 Å². The lowest BCUT2D eigenvalue weighted by Gasteiger charge is -2.13. The highest BCUT2D eigenvalue weighted by Crippen LogP contribution is 2.18. The quantitative estimate of drug-likeness (QED) is 0.836. The van der Waals surface area contributed by atoms with E-state index in [1.165, 1.54) is 12.1 Å². The van der Waals surface area contributed by atoms with Crippen LogP contribution >= 0.6 is 0 Å². The maximum absolute atomic E-state index is 12.2. The Hall–Kier alpha value is -2.47. The van der Waals surface area contributed by atoms with E-state index in [9.17, 15) is 14.4 Å². The average molecular weight is 316 g/mol. The first kappa shape index (κ1) is 16.9. The molecule has 0 saturated carbocycles. The molecule has 0 fully saturated rings. The summed E-state index contributed by atoms with van der Waals surface area (Å²) in [5, 5.41) is 3.01. The van der Waals surface area contributed by atoms with E-state index in [2.05, 4.69) is 5.32 Å². The summed E-state index contributed by atoms with van der Waals surface area (Å²) in [5.74, 6) is -0.835. The summed E-state index contributed by atoms with van der Waals surface area (Å²) in [7, 11) is 0. The zero-order valence-corrected chi connectivity index (χ0v) is 13.4. The number of nitrogens with two attached hydrogens (primary N) is 1. The van der Waals surface area contributed by atoms with E-state index in [1.807, 2.05) is 13.8 Å². The number of hydrogen-bond donors (Lipinski definition) is 2. The van der Waals surface area contributed by atoms with Crippen molar-refractivity contribution < 1.29 is 14.0 Å². The predicted octanol–water partition coefficient (Wildman–Crippen LogP) is 1.73. The van der Waals surface area contributed by atoms with Crippen LogP contribution in [0.25, 0.3) is 11.0 Å². The second-order valence-electron chi connectivity index (χ2n) is 6.01. The van der Waals surface area contributed by atoms with Crippen LogP contribution in [0.15, 0.2) is 33.5 Å². The van der Waals surface area contributed by atoms with Gasteiger partial charge in [0.25, 0.3) is 5.91 Å². The number of nitrogens with one attached hydrogen (secondary N) is 1. The zero-order chi connectivity index (χ0) is 17.1. The van der Waals surface area contributed by atoms with Crippen molar-refractivity contribution in [1.29, 1.82) is 0 Å². The summed E-state index contributed by atoms with van der Waals surface area (Å²) < 4.78 is 5.09. The summed E-state index contributed by atoms with van der Waals surface area (Å²) in [5.41, 5.74) is 6.57. The number of amides is 2. The van der Waals surface area contributed by atoms with E-state index in [-0.39, 0.29) is 11.5 Å². The van der Waals surface area contributed by atoms with Gasteiger partial charge in [-0.2, -0.15) is 0 Å². The van der Waals surface area contributed by atoms with Crippen molar-refractivity contribution in [3.05, 3.63) is 45.8 Å². The summed E-state index contributed by atoms with van der Waals surface area (Å²) in [4.78, 5) is 35.5. The molecule has 1 aromatic heterocycles. The minimum absolute atomic E-state index is 0.233. The molecule has 0 radical (unpaired) electrons. The van der Waals surface area contributed by atoms with Gasteiger partial charge in [-0.15, -0.1) is 0 Å². The maximum atomic E-state index is 12.2. The fourth-order valence-corrected chi connectivity index (χ4v) is 2.36. The van der Waals surface area contributed by atoms with Gasteiger partial charge in [-0.05, 0) is 37.0 Å². The monoisotopic (exact) mass is 316 g/mol. The summed E-state index contributed by atoms with van der Waals surface area (Å²) >= 11 is 0. The van der Waals surface area contributed by atoms with Crippen molar-refractivity contribution in [1.82, 2.24) is 5.32 Å². The molecule has 6 heteroatoms. The van der Waals surface area contributed by atoms with E-state index in [0.29, 0.717) is 12.0 Å². The third-order valence-electron chi connectivity index (χ3n) is 3.51. The Morgan fingerprint density at radius 2 is 1.96 bits per heavy atom. The number of hydrogen-bond acceptors (Lipinski definition) is 5. The molecule has 0 aliphatic rings. The molecule has 0 saturated heterocycles. The molecular formula is C17H20N2O4. The van der Waals surface area contributed by atoms with E-state index in [4.69, 9.17) is 10.2 Å². The van der Waals surface area contributed by atoms with Crippen LogP contribution in [0.1, 0.15) is 36.2 Å². The first-order valence-corrected chi connectivity index (χ1v) is 7.43. The van der Waals surface area contributed by atoms with Gasteiger partial charge in [-0.25, -0.2) is 4.79 Å². The Morgan fingerprint density at radius 3 is 2.61 bits per heavy atom. The lowest BCUT2D eigenvalue weighted by Crippen LogP contribution is -2.44. The van der Waals surface area contributed by atoms with Crippen molar-refractivity contribution in [2.75, 3.05) is 0 Å². The van der Waals surface area contributed by atoms with Gasteiger partial charge in [0.15, 0.2) is 0 Å². The molecule has 2 amide bonds. The van der Waals surface area contributed by atoms with Crippen molar-refractivity contribution in [2.45, 2.75) is 33.2 Å². The molecule has 23 heavy (non-hydrogen) atoms. The van der Waals surface area contributed by atoms with Gasteiger partial charge in [-0.3, -0.25) is 14.9 Å². The maximum Gasteiger partial charge on any atom is 0.336 e. The van der Waals surface area contributed by atoms with Gasteiger partial charge in [0.2, 0.25) is 5.91 Å². The predicted molar refractivity (Wildman–Crippen MR) is 87.1 cm³/mol. The van der Waals surface area contributed by atoms with E-state index in [1.54, 1.807) is 19.1 Å². The fourth-order valence-electron chi connectivity index (χ4n) is 2.36. The molecule has 122 valence electrons. The van der Waals surface area contributed by atoms with Crippen LogP contribution in [0, 0.1) is 12.8 Å². The molecule has 0 spiro atoms. The molecule has 1 heterocycles. The Morgan fingerprint density at radius 1 is 1.26 bits per heavy atom. The molecule has 0 bridgehead atoms. The minimum Gasteiger partial charge on any atom is -0.423 e. The van der Waals surface area contributed by atoms with Crippen molar-refractivity contribution >= 4 is 22.8 Å². The van der Waals surface area contributed by atoms with E-state index < -0.39 is 23.5 Å². The van der Waals surface area contributed by atoms with Crippen LogP contribution in [-0.4, -0.2) is 17.9 Å². The third kappa shape index (κ3) is 4.04. The van der Waals surface area contributed by atoms with Crippen LogP contribution in [0.4, 0.5) is 0 Å². The summed E-state index contributed by atoms with van der Waals surface area (Å²) in [6, 6.07) is 5.35. The smallest absolute Gasteiger partial charge is 0.336 e. The van der Waals surface area contributed by atoms with Gasteiger partial charge in [0.1, 0.15) is 5.58 Å². The molecule has 1 atom stereocenters. The van der Waals surface area contributed by atoms with Crippen LogP contribution < -0.4 is 16.7 Å². The molecular weight excluding hydrogens is 296 g/mol. The van der Waals surface area contributed by atoms with Crippen LogP contribution in [0.2, 0.25) is 0 Å². The number of imide groups is 1. The number of aryl methyl sites for hydroxylation is 1. The largest absolute Gasteiger partial charge is 0.423 e. The van der Waals surface area contributed by atoms with Crippen molar-refractivity contribution in [3.63, 3.8) is 0 Å². The molecule has 2 aromatic rings. The number of carbonyl (C=O) groups is 2. The second-order valence-corrected chi connectivity index (χ2v) is 6.01. The highest BCUT2D eigenvalue weighted by molar-refractivity contribution is 6.07. The molecule has 3 N–H and O–H groups in total. The van der Waals surface area contributed by atoms with Crippen LogP contribution in [-0.2, 0) is 4.79 Å². The molecule has 0 aliphatic carbocycles.